The Labute approximate surface area is 178 Å². The van der Waals surface area contributed by atoms with E-state index >= 15 is 0 Å². The van der Waals surface area contributed by atoms with Gasteiger partial charge >= 0.3 is 0 Å². The van der Waals surface area contributed by atoms with Crippen LogP contribution in [0.15, 0.2) is 77.3 Å². The van der Waals surface area contributed by atoms with Crippen molar-refractivity contribution in [2.45, 2.75) is 6.10 Å². The minimum absolute atomic E-state index is 0.193. The maximum Gasteiger partial charge on any atom is 0.175 e. The van der Waals surface area contributed by atoms with Crippen LogP contribution in [-0.2, 0) is 0 Å². The molecule has 1 aliphatic heterocycles. The van der Waals surface area contributed by atoms with E-state index in [0.717, 1.165) is 41.1 Å². The minimum Gasteiger partial charge on any atom is -0.508 e. The molecule has 30 heavy (non-hydrogen) atoms. The zero-order valence-electron chi connectivity index (χ0n) is 16.0. The van der Waals surface area contributed by atoms with Gasteiger partial charge in [0, 0.05) is 24.2 Å². The molecule has 0 unspecified atom stereocenters. The lowest BCUT2D eigenvalue weighted by atomic mass is 9.96. The molecule has 1 aromatic heterocycles. The van der Waals surface area contributed by atoms with Crippen molar-refractivity contribution >= 4 is 11.6 Å². The number of hydrogen-bond acceptors (Lipinski definition) is 5. The van der Waals surface area contributed by atoms with Gasteiger partial charge in [-0.2, -0.15) is 0 Å². The molecule has 2 N–H and O–H groups in total. The maximum atomic E-state index is 9.66. The van der Waals surface area contributed by atoms with Gasteiger partial charge in [-0.05, 0) is 48.0 Å². The number of hydrogen-bond donors (Lipinski definition) is 2. The van der Waals surface area contributed by atoms with Crippen molar-refractivity contribution in [1.82, 2.24) is 10.5 Å². The third kappa shape index (κ3) is 3.54. The Morgan fingerprint density at radius 1 is 0.933 bits per heavy atom. The van der Waals surface area contributed by atoms with Gasteiger partial charge in [-0.3, -0.25) is 0 Å². The highest BCUT2D eigenvalue weighted by Crippen LogP contribution is 2.42. The Hall–Kier alpha value is -3.28. The summed E-state index contributed by atoms with van der Waals surface area (Å²) in [7, 11) is 0. The van der Waals surface area contributed by atoms with Gasteiger partial charge in [-0.15, -0.1) is 0 Å². The normalized spacial score (nSPS) is 13.8. The largest absolute Gasteiger partial charge is 0.508 e. The van der Waals surface area contributed by atoms with Crippen LogP contribution in [0.1, 0.15) is 0 Å². The third-order valence-electron chi connectivity index (χ3n) is 5.14. The Balaban J connectivity index is 1.61. The average Bonchev–Trinajstić information content (AvgIpc) is 3.17. The Morgan fingerprint density at radius 3 is 2.30 bits per heavy atom. The van der Waals surface area contributed by atoms with E-state index in [1.165, 1.54) is 0 Å². The predicted octanol–water partition coefficient (Wildman–Crippen LogP) is 5.39. The highest BCUT2D eigenvalue weighted by atomic mass is 35.5. The fraction of sp³-hybridized carbons (Fsp3) is 0.125. The SMILES string of the molecule is Oc1ccc(-c2onc(-c3ccccc3Cl)c2-c2ccc(OC3CNC3)cc2)cc1. The summed E-state index contributed by atoms with van der Waals surface area (Å²) in [5.41, 5.74) is 4.05. The van der Waals surface area contributed by atoms with Gasteiger partial charge in [-0.25, -0.2) is 0 Å². The van der Waals surface area contributed by atoms with Crippen molar-refractivity contribution in [2.24, 2.45) is 0 Å². The highest BCUT2D eigenvalue weighted by molar-refractivity contribution is 6.33. The maximum absolute atomic E-state index is 9.66. The van der Waals surface area contributed by atoms with Gasteiger partial charge in [0.05, 0.1) is 10.6 Å². The lowest BCUT2D eigenvalue weighted by Gasteiger charge is -2.27. The van der Waals surface area contributed by atoms with Crippen LogP contribution in [0.25, 0.3) is 33.7 Å². The number of phenols is 1. The molecule has 0 amide bonds. The Morgan fingerprint density at radius 2 is 1.63 bits per heavy atom. The molecule has 1 aliphatic rings. The summed E-state index contributed by atoms with van der Waals surface area (Å²) in [5, 5.41) is 17.8. The van der Waals surface area contributed by atoms with Gasteiger partial charge in [0.1, 0.15) is 23.3 Å². The van der Waals surface area contributed by atoms with E-state index in [0.29, 0.717) is 16.5 Å². The topological polar surface area (TPSA) is 67.5 Å². The standard InChI is InChI=1S/C24H19ClN2O3/c25-21-4-2-1-3-20(21)23-22(24(30-27-23)16-5-9-17(28)10-6-16)15-7-11-18(12-8-15)29-19-13-26-14-19/h1-12,19,26,28H,13-14H2. The highest BCUT2D eigenvalue weighted by Gasteiger charge is 2.23. The Kier molecular flexibility index (Phi) is 4.91. The van der Waals surface area contributed by atoms with E-state index in [1.807, 2.05) is 48.5 Å². The van der Waals surface area contributed by atoms with E-state index in [9.17, 15) is 5.11 Å². The second kappa shape index (κ2) is 7.86. The third-order valence-corrected chi connectivity index (χ3v) is 5.47. The second-order valence-electron chi connectivity index (χ2n) is 7.18. The van der Waals surface area contributed by atoms with Gasteiger partial charge in [0.25, 0.3) is 0 Å². The molecule has 0 spiro atoms. The molecule has 3 aromatic carbocycles. The molecular formula is C24H19ClN2O3. The van der Waals surface area contributed by atoms with Crippen LogP contribution in [0.5, 0.6) is 11.5 Å². The molecule has 6 heteroatoms. The molecule has 0 aliphatic carbocycles. The predicted molar refractivity (Wildman–Crippen MR) is 117 cm³/mol. The lowest BCUT2D eigenvalue weighted by molar-refractivity contribution is 0.142. The van der Waals surface area contributed by atoms with Gasteiger partial charge in [0.15, 0.2) is 5.76 Å². The summed E-state index contributed by atoms with van der Waals surface area (Å²) in [6, 6.07) is 22.3. The van der Waals surface area contributed by atoms with Crippen LogP contribution in [0.4, 0.5) is 0 Å². The smallest absolute Gasteiger partial charge is 0.175 e. The first-order valence-corrected chi connectivity index (χ1v) is 10.1. The quantitative estimate of drug-likeness (QED) is 0.455. The lowest BCUT2D eigenvalue weighted by Crippen LogP contribution is -2.50. The molecule has 1 fully saturated rings. The summed E-state index contributed by atoms with van der Waals surface area (Å²) in [4.78, 5) is 0. The molecule has 0 saturated carbocycles. The summed E-state index contributed by atoms with van der Waals surface area (Å²) in [6.45, 7) is 1.74. The number of rotatable bonds is 5. The molecule has 5 nitrogen and oxygen atoms in total. The molecule has 0 atom stereocenters. The second-order valence-corrected chi connectivity index (χ2v) is 7.59. The fourth-order valence-corrected chi connectivity index (χ4v) is 3.67. The van der Waals surface area contributed by atoms with E-state index in [-0.39, 0.29) is 11.9 Å². The monoisotopic (exact) mass is 418 g/mol. The number of halogens is 1. The van der Waals surface area contributed by atoms with E-state index in [4.69, 9.17) is 20.9 Å². The van der Waals surface area contributed by atoms with Gasteiger partial charge in [-0.1, -0.05) is 47.1 Å². The van der Waals surface area contributed by atoms with Crippen molar-refractivity contribution in [3.05, 3.63) is 77.8 Å². The van der Waals surface area contributed by atoms with Crippen LogP contribution < -0.4 is 10.1 Å². The van der Waals surface area contributed by atoms with Crippen LogP contribution in [-0.4, -0.2) is 29.5 Å². The fourth-order valence-electron chi connectivity index (χ4n) is 3.44. The summed E-state index contributed by atoms with van der Waals surface area (Å²) < 4.78 is 11.7. The minimum atomic E-state index is 0.193. The number of aromatic nitrogens is 1. The summed E-state index contributed by atoms with van der Waals surface area (Å²) in [5.74, 6) is 1.63. The number of ether oxygens (including phenoxy) is 1. The Bertz CT molecular complexity index is 1170. The van der Waals surface area contributed by atoms with Crippen LogP contribution in [0.2, 0.25) is 5.02 Å². The molecule has 2 heterocycles. The van der Waals surface area contributed by atoms with Crippen LogP contribution in [0.3, 0.4) is 0 Å². The number of nitrogens with one attached hydrogen (secondary N) is 1. The number of benzene rings is 3. The van der Waals surface area contributed by atoms with Crippen LogP contribution in [0, 0.1) is 0 Å². The molecule has 1 saturated heterocycles. The number of phenolic OH excluding ortho intramolecular Hbond substituents is 1. The molecular weight excluding hydrogens is 400 g/mol. The molecule has 150 valence electrons. The summed E-state index contributed by atoms with van der Waals surface area (Å²) >= 11 is 6.46. The van der Waals surface area contributed by atoms with Crippen LogP contribution >= 0.6 is 11.6 Å². The van der Waals surface area contributed by atoms with E-state index in [1.54, 1.807) is 24.3 Å². The first-order chi connectivity index (χ1) is 14.7. The van der Waals surface area contributed by atoms with Crippen molar-refractivity contribution in [3.8, 4) is 45.2 Å². The molecule has 0 bridgehead atoms. The van der Waals surface area contributed by atoms with E-state index < -0.39 is 0 Å². The van der Waals surface area contributed by atoms with Gasteiger partial charge in [0.2, 0.25) is 0 Å². The van der Waals surface area contributed by atoms with Crippen molar-refractivity contribution in [3.63, 3.8) is 0 Å². The van der Waals surface area contributed by atoms with Crippen molar-refractivity contribution < 1.29 is 14.4 Å². The molecule has 5 rings (SSSR count). The zero-order valence-corrected chi connectivity index (χ0v) is 16.8. The number of nitrogens with zero attached hydrogens (tertiary/aromatic N) is 1. The molecule has 4 aromatic rings. The summed E-state index contributed by atoms with van der Waals surface area (Å²) in [6.07, 6.45) is 0.220. The van der Waals surface area contributed by atoms with E-state index in [2.05, 4.69) is 10.5 Å². The van der Waals surface area contributed by atoms with Crippen molar-refractivity contribution in [2.75, 3.05) is 13.1 Å². The average molecular weight is 419 g/mol. The number of aromatic hydroxyl groups is 1. The first-order valence-electron chi connectivity index (χ1n) is 9.71. The first kappa shape index (κ1) is 18.7. The van der Waals surface area contributed by atoms with Crippen molar-refractivity contribution in [1.29, 1.82) is 0 Å². The molecule has 0 radical (unpaired) electrons. The zero-order chi connectivity index (χ0) is 20.5. The van der Waals surface area contributed by atoms with Gasteiger partial charge < -0.3 is 19.7 Å².